The fourth-order valence-corrected chi connectivity index (χ4v) is 0.822. The zero-order valence-corrected chi connectivity index (χ0v) is 7.49. The van der Waals surface area contributed by atoms with Crippen molar-refractivity contribution >= 4 is 10.1 Å². The zero-order chi connectivity index (χ0) is 9.78. The standard InChI is InChI=1S/C6H12O5S/c1-3-4-11-6(7)5(2)12(8,9)10/h3,5-7H,1,4H2,2H3,(H,8,9,10). The molecule has 2 atom stereocenters. The van der Waals surface area contributed by atoms with E-state index in [2.05, 4.69) is 11.3 Å². The van der Waals surface area contributed by atoms with Gasteiger partial charge in [0.25, 0.3) is 10.1 Å². The smallest absolute Gasteiger partial charge is 0.272 e. The predicted octanol–water partition coefficient (Wildman–Crippen LogP) is -0.216. The Balaban J connectivity index is 4.10. The molecule has 0 saturated heterocycles. The number of aliphatic hydroxyl groups is 1. The maximum absolute atomic E-state index is 10.4. The van der Waals surface area contributed by atoms with Crippen LogP contribution < -0.4 is 0 Å². The Labute approximate surface area is 71.4 Å². The number of aliphatic hydroxyl groups excluding tert-OH is 1. The Morgan fingerprint density at radius 2 is 2.17 bits per heavy atom. The third-order valence-electron chi connectivity index (χ3n) is 1.26. The zero-order valence-electron chi connectivity index (χ0n) is 6.67. The molecule has 6 heteroatoms. The SMILES string of the molecule is C=CCOC(O)C(C)S(=O)(=O)O. The van der Waals surface area contributed by atoms with E-state index in [1.54, 1.807) is 0 Å². The Bertz CT molecular complexity index is 232. The summed E-state index contributed by atoms with van der Waals surface area (Å²) in [4.78, 5) is 0. The summed E-state index contributed by atoms with van der Waals surface area (Å²) in [7, 11) is -4.24. The summed E-state index contributed by atoms with van der Waals surface area (Å²) in [6, 6.07) is 0. The van der Waals surface area contributed by atoms with Crippen LogP contribution in [0.2, 0.25) is 0 Å². The summed E-state index contributed by atoms with van der Waals surface area (Å²) in [5.74, 6) is 0. The van der Waals surface area contributed by atoms with Crippen molar-refractivity contribution in [2.45, 2.75) is 18.5 Å². The molecule has 5 nitrogen and oxygen atoms in total. The molecule has 72 valence electrons. The summed E-state index contributed by atoms with van der Waals surface area (Å²) < 4.78 is 33.9. The molecule has 0 aromatic carbocycles. The first-order valence-electron chi connectivity index (χ1n) is 3.26. The van der Waals surface area contributed by atoms with Crippen LogP contribution in [0.4, 0.5) is 0 Å². The van der Waals surface area contributed by atoms with Gasteiger partial charge in [0.2, 0.25) is 0 Å². The van der Waals surface area contributed by atoms with Crippen molar-refractivity contribution < 1.29 is 22.8 Å². The minimum absolute atomic E-state index is 0.0288. The second-order valence-corrected chi connectivity index (χ2v) is 4.01. The molecule has 0 saturated carbocycles. The second-order valence-electron chi connectivity index (χ2n) is 2.23. The Hall–Kier alpha value is -0.430. The van der Waals surface area contributed by atoms with E-state index in [4.69, 9.17) is 9.66 Å². The van der Waals surface area contributed by atoms with Crippen LogP contribution >= 0.6 is 0 Å². The Morgan fingerprint density at radius 1 is 1.67 bits per heavy atom. The molecule has 0 aliphatic heterocycles. The van der Waals surface area contributed by atoms with Crippen LogP contribution in [0.15, 0.2) is 12.7 Å². The molecule has 0 aromatic heterocycles. The first-order valence-corrected chi connectivity index (χ1v) is 4.76. The number of hydrogen-bond donors (Lipinski definition) is 2. The highest BCUT2D eigenvalue weighted by molar-refractivity contribution is 7.86. The normalized spacial score (nSPS) is 16.9. The third-order valence-corrected chi connectivity index (χ3v) is 2.43. The van der Waals surface area contributed by atoms with Gasteiger partial charge in [0.05, 0.1) is 6.61 Å². The second kappa shape index (κ2) is 4.56. The Morgan fingerprint density at radius 3 is 2.50 bits per heavy atom. The molecule has 2 unspecified atom stereocenters. The van der Waals surface area contributed by atoms with Crippen LogP contribution in [0.25, 0.3) is 0 Å². The van der Waals surface area contributed by atoms with Crippen molar-refractivity contribution in [3.63, 3.8) is 0 Å². The van der Waals surface area contributed by atoms with Gasteiger partial charge in [-0.15, -0.1) is 6.58 Å². The van der Waals surface area contributed by atoms with Crippen molar-refractivity contribution in [3.05, 3.63) is 12.7 Å². The first kappa shape index (κ1) is 11.6. The van der Waals surface area contributed by atoms with E-state index in [-0.39, 0.29) is 6.61 Å². The average Bonchev–Trinajstić information content (AvgIpc) is 1.97. The highest BCUT2D eigenvalue weighted by Crippen LogP contribution is 2.04. The molecular formula is C6H12O5S. The molecule has 0 heterocycles. The molecule has 0 aliphatic carbocycles. The van der Waals surface area contributed by atoms with E-state index in [1.807, 2.05) is 0 Å². The lowest BCUT2D eigenvalue weighted by molar-refractivity contribution is -0.0878. The third kappa shape index (κ3) is 3.82. The van der Waals surface area contributed by atoms with Gasteiger partial charge in [-0.05, 0) is 6.92 Å². The van der Waals surface area contributed by atoms with Gasteiger partial charge in [-0.1, -0.05) is 6.08 Å². The molecule has 0 spiro atoms. The molecule has 2 N–H and O–H groups in total. The summed E-state index contributed by atoms with van der Waals surface area (Å²) in [6.07, 6.45) is -0.169. The quantitative estimate of drug-likeness (QED) is 0.361. The van der Waals surface area contributed by atoms with Gasteiger partial charge in [0.15, 0.2) is 6.29 Å². The van der Waals surface area contributed by atoms with Crippen LogP contribution in [0.3, 0.4) is 0 Å². The monoisotopic (exact) mass is 196 g/mol. The lowest BCUT2D eigenvalue weighted by atomic mass is 10.5. The van der Waals surface area contributed by atoms with Crippen molar-refractivity contribution in [2.75, 3.05) is 6.61 Å². The molecule has 0 aromatic rings. The van der Waals surface area contributed by atoms with Crippen LogP contribution in [0.5, 0.6) is 0 Å². The van der Waals surface area contributed by atoms with Crippen molar-refractivity contribution in [1.82, 2.24) is 0 Å². The van der Waals surface area contributed by atoms with Crippen LogP contribution in [0.1, 0.15) is 6.92 Å². The molecule has 0 rings (SSSR count). The summed E-state index contributed by atoms with van der Waals surface area (Å²) in [5, 5.41) is 7.63. The molecule has 0 bridgehead atoms. The highest BCUT2D eigenvalue weighted by atomic mass is 32.2. The van der Waals surface area contributed by atoms with Crippen LogP contribution in [-0.2, 0) is 14.9 Å². The van der Waals surface area contributed by atoms with Gasteiger partial charge in [0.1, 0.15) is 5.25 Å². The van der Waals surface area contributed by atoms with E-state index < -0.39 is 21.7 Å². The average molecular weight is 196 g/mol. The van der Waals surface area contributed by atoms with Gasteiger partial charge in [-0.2, -0.15) is 8.42 Å². The van der Waals surface area contributed by atoms with E-state index in [0.717, 1.165) is 6.92 Å². The first-order chi connectivity index (χ1) is 5.39. The van der Waals surface area contributed by atoms with Crippen molar-refractivity contribution in [2.24, 2.45) is 0 Å². The predicted molar refractivity (Wildman–Crippen MR) is 43.2 cm³/mol. The highest BCUT2D eigenvalue weighted by Gasteiger charge is 2.26. The van der Waals surface area contributed by atoms with E-state index in [9.17, 15) is 8.42 Å². The lowest BCUT2D eigenvalue weighted by Gasteiger charge is -2.15. The van der Waals surface area contributed by atoms with Crippen LogP contribution in [-0.4, -0.2) is 36.2 Å². The minimum Gasteiger partial charge on any atom is -0.367 e. The fraction of sp³-hybridized carbons (Fsp3) is 0.667. The Kier molecular flexibility index (Phi) is 4.40. The van der Waals surface area contributed by atoms with E-state index >= 15 is 0 Å². The number of hydrogen-bond acceptors (Lipinski definition) is 4. The molecule has 12 heavy (non-hydrogen) atoms. The van der Waals surface area contributed by atoms with Gasteiger partial charge >= 0.3 is 0 Å². The van der Waals surface area contributed by atoms with Gasteiger partial charge in [-0.3, -0.25) is 4.55 Å². The van der Waals surface area contributed by atoms with Gasteiger partial charge in [-0.25, -0.2) is 0 Å². The van der Waals surface area contributed by atoms with E-state index in [0.29, 0.717) is 0 Å². The molecular weight excluding hydrogens is 184 g/mol. The number of ether oxygens (including phenoxy) is 1. The van der Waals surface area contributed by atoms with Crippen molar-refractivity contribution in [3.8, 4) is 0 Å². The van der Waals surface area contributed by atoms with Crippen LogP contribution in [0, 0.1) is 0 Å². The van der Waals surface area contributed by atoms with Crippen molar-refractivity contribution in [1.29, 1.82) is 0 Å². The van der Waals surface area contributed by atoms with Gasteiger partial charge < -0.3 is 9.84 Å². The maximum atomic E-state index is 10.4. The van der Waals surface area contributed by atoms with E-state index in [1.165, 1.54) is 6.08 Å². The molecule has 0 fully saturated rings. The fourth-order valence-electron chi connectivity index (χ4n) is 0.449. The lowest BCUT2D eigenvalue weighted by Crippen LogP contribution is -2.33. The largest absolute Gasteiger partial charge is 0.367 e. The summed E-state index contributed by atoms with van der Waals surface area (Å²) in [5.41, 5.74) is 0. The minimum atomic E-state index is -4.24. The molecule has 0 amide bonds. The summed E-state index contributed by atoms with van der Waals surface area (Å²) in [6.45, 7) is 4.48. The van der Waals surface area contributed by atoms with Gasteiger partial charge in [0, 0.05) is 0 Å². The maximum Gasteiger partial charge on any atom is 0.272 e. The molecule has 0 aliphatic rings. The molecule has 0 radical (unpaired) electrons. The summed E-state index contributed by atoms with van der Waals surface area (Å²) >= 11 is 0. The topological polar surface area (TPSA) is 83.8 Å². The number of rotatable bonds is 5.